The van der Waals surface area contributed by atoms with E-state index in [1.807, 2.05) is 35.7 Å². The van der Waals surface area contributed by atoms with Gasteiger partial charge in [0, 0.05) is 29.0 Å². The Morgan fingerprint density at radius 2 is 2.03 bits per heavy atom. The second-order valence-corrected chi connectivity index (χ2v) is 8.37. The molecule has 0 spiro atoms. The molecule has 0 fully saturated rings. The quantitative estimate of drug-likeness (QED) is 0.249. The van der Waals surface area contributed by atoms with E-state index >= 15 is 0 Å². The van der Waals surface area contributed by atoms with E-state index in [0.29, 0.717) is 28.1 Å². The van der Waals surface area contributed by atoms with Crippen molar-refractivity contribution in [2.24, 2.45) is 0 Å². The van der Waals surface area contributed by atoms with Gasteiger partial charge in [0.05, 0.1) is 21.2 Å². The molecule has 0 bridgehead atoms. The van der Waals surface area contributed by atoms with Crippen LogP contribution < -0.4 is 5.32 Å². The van der Waals surface area contributed by atoms with E-state index in [1.54, 1.807) is 13.0 Å². The molecule has 1 amide bonds. The summed E-state index contributed by atoms with van der Waals surface area (Å²) in [5.74, 6) is 0.376. The Morgan fingerprint density at radius 1 is 1.21 bits per heavy atom. The van der Waals surface area contributed by atoms with Gasteiger partial charge in [-0.15, -0.1) is 11.3 Å². The maximum absolute atomic E-state index is 12.8. The minimum Gasteiger partial charge on any atom is -0.454 e. The van der Waals surface area contributed by atoms with Crippen LogP contribution in [0, 0.1) is 17.0 Å². The number of hydrogen-bond donors (Lipinski definition) is 1. The predicted octanol–water partition coefficient (Wildman–Crippen LogP) is 5.86. The molecule has 3 aromatic heterocycles. The van der Waals surface area contributed by atoms with Crippen LogP contribution in [0.15, 0.2) is 64.4 Å². The van der Waals surface area contributed by atoms with Crippen molar-refractivity contribution >= 4 is 51.3 Å². The van der Waals surface area contributed by atoms with Gasteiger partial charge < -0.3 is 9.73 Å². The number of nitrogens with one attached hydrogen (secondary N) is 1. The number of nitro benzene ring substituents is 1. The summed E-state index contributed by atoms with van der Waals surface area (Å²) in [7, 11) is 0. The molecule has 0 aliphatic rings. The Labute approximate surface area is 195 Å². The minimum atomic E-state index is -0.598. The van der Waals surface area contributed by atoms with Crippen molar-refractivity contribution in [2.75, 3.05) is 5.32 Å². The second-order valence-electron chi connectivity index (χ2n) is 7.12. The molecule has 1 N–H and O–H groups in total. The highest BCUT2D eigenvalue weighted by molar-refractivity contribution is 7.12. The van der Waals surface area contributed by atoms with E-state index in [1.165, 1.54) is 28.2 Å². The average molecular weight is 480 g/mol. The summed E-state index contributed by atoms with van der Waals surface area (Å²) in [6.07, 6.45) is 0. The van der Waals surface area contributed by atoms with E-state index in [-0.39, 0.29) is 16.3 Å². The first-order chi connectivity index (χ1) is 15.9. The first-order valence-electron chi connectivity index (χ1n) is 9.66. The number of fused-ring (bicyclic) bond motifs is 1. The molecular weight excluding hydrogens is 466 g/mol. The summed E-state index contributed by atoms with van der Waals surface area (Å²) in [5, 5.41) is 21.6. The zero-order valence-electron chi connectivity index (χ0n) is 17.0. The summed E-state index contributed by atoms with van der Waals surface area (Å²) in [4.78, 5) is 27.9. The van der Waals surface area contributed by atoms with Crippen molar-refractivity contribution in [3.63, 3.8) is 0 Å². The maximum atomic E-state index is 12.8. The largest absolute Gasteiger partial charge is 0.454 e. The lowest BCUT2D eigenvalue weighted by molar-refractivity contribution is -0.384. The highest BCUT2D eigenvalue weighted by Gasteiger charge is 2.20. The van der Waals surface area contributed by atoms with Crippen LogP contribution in [0.2, 0.25) is 5.02 Å². The fraction of sp³-hybridized carbons (Fsp3) is 0.0455. The van der Waals surface area contributed by atoms with Crippen molar-refractivity contribution < 1.29 is 14.1 Å². The van der Waals surface area contributed by atoms with Crippen molar-refractivity contribution in [3.8, 4) is 16.6 Å². The number of halogens is 1. The molecule has 0 atom stereocenters. The van der Waals surface area contributed by atoms with E-state index in [2.05, 4.69) is 15.4 Å². The number of anilines is 1. The van der Waals surface area contributed by atoms with Crippen LogP contribution >= 0.6 is 22.9 Å². The van der Waals surface area contributed by atoms with Crippen LogP contribution in [0.3, 0.4) is 0 Å². The Bertz CT molecular complexity index is 1500. The molecule has 2 aromatic carbocycles. The monoisotopic (exact) mass is 479 g/mol. The Hall–Kier alpha value is -4.02. The van der Waals surface area contributed by atoms with Crippen LogP contribution in [0.25, 0.3) is 27.6 Å². The minimum absolute atomic E-state index is 0.0154. The maximum Gasteiger partial charge on any atom is 0.270 e. The summed E-state index contributed by atoms with van der Waals surface area (Å²) >= 11 is 7.43. The molecule has 5 rings (SSSR count). The van der Waals surface area contributed by atoms with Crippen LogP contribution in [-0.4, -0.2) is 25.6 Å². The molecular formula is C22H14ClN5O4S. The number of aromatic nitrogens is 3. The zero-order chi connectivity index (χ0) is 23.1. The molecule has 11 heteroatoms. The predicted molar refractivity (Wildman–Crippen MR) is 125 cm³/mol. The number of aryl methyl sites for hydroxylation is 1. The van der Waals surface area contributed by atoms with Gasteiger partial charge in [0.15, 0.2) is 5.76 Å². The first-order valence-corrected chi connectivity index (χ1v) is 10.9. The van der Waals surface area contributed by atoms with Gasteiger partial charge in [0.2, 0.25) is 5.13 Å². The van der Waals surface area contributed by atoms with Crippen LogP contribution in [-0.2, 0) is 0 Å². The summed E-state index contributed by atoms with van der Waals surface area (Å²) in [5.41, 5.74) is 1.80. The molecule has 9 nitrogen and oxygen atoms in total. The Balaban J connectivity index is 1.46. The standard InChI is InChI=1S/C22H14ClN5O4S/c1-12-8-20(25-21(29)15-10-14(28(30)31)6-7-16(15)23)27(26-12)22-24-17(11-33-22)19-9-13-4-2-3-5-18(13)32-19/h2-11H,1H3,(H,25,29). The number of rotatable bonds is 5. The van der Waals surface area contributed by atoms with Crippen LogP contribution in [0.1, 0.15) is 16.1 Å². The lowest BCUT2D eigenvalue weighted by Gasteiger charge is -2.08. The fourth-order valence-corrected chi connectivity index (χ4v) is 4.28. The third kappa shape index (κ3) is 3.97. The molecule has 0 radical (unpaired) electrons. The first kappa shape index (κ1) is 20.9. The lowest BCUT2D eigenvalue weighted by Crippen LogP contribution is -2.15. The van der Waals surface area contributed by atoms with Crippen molar-refractivity contribution in [1.29, 1.82) is 0 Å². The Kier molecular flexibility index (Phi) is 5.15. The van der Waals surface area contributed by atoms with Gasteiger partial charge in [0.25, 0.3) is 11.6 Å². The zero-order valence-corrected chi connectivity index (χ0v) is 18.6. The van der Waals surface area contributed by atoms with Crippen molar-refractivity contribution in [1.82, 2.24) is 14.8 Å². The summed E-state index contributed by atoms with van der Waals surface area (Å²) in [6, 6.07) is 14.9. The molecule has 0 unspecified atom stereocenters. The molecule has 0 saturated heterocycles. The number of benzene rings is 2. The van der Waals surface area contributed by atoms with E-state index in [0.717, 1.165) is 17.0 Å². The van der Waals surface area contributed by atoms with Gasteiger partial charge in [-0.05, 0) is 25.1 Å². The third-order valence-corrected chi connectivity index (χ3v) is 5.98. The summed E-state index contributed by atoms with van der Waals surface area (Å²) in [6.45, 7) is 1.78. The van der Waals surface area contributed by atoms with E-state index < -0.39 is 10.8 Å². The number of non-ortho nitro benzene ring substituents is 1. The van der Waals surface area contributed by atoms with Crippen LogP contribution in [0.4, 0.5) is 11.5 Å². The highest BCUT2D eigenvalue weighted by atomic mass is 35.5. The van der Waals surface area contributed by atoms with Gasteiger partial charge in [-0.3, -0.25) is 14.9 Å². The topological polar surface area (TPSA) is 116 Å². The number of thiazole rings is 1. The van der Waals surface area contributed by atoms with Crippen molar-refractivity contribution in [2.45, 2.75) is 6.92 Å². The summed E-state index contributed by atoms with van der Waals surface area (Å²) < 4.78 is 7.38. The van der Waals surface area contributed by atoms with E-state index in [9.17, 15) is 14.9 Å². The van der Waals surface area contributed by atoms with Gasteiger partial charge >= 0.3 is 0 Å². The second kappa shape index (κ2) is 8.15. The molecule has 3 heterocycles. The molecule has 0 aliphatic heterocycles. The molecule has 5 aromatic rings. The van der Waals surface area contributed by atoms with Gasteiger partial charge in [-0.2, -0.15) is 9.78 Å². The van der Waals surface area contributed by atoms with Crippen molar-refractivity contribution in [3.05, 3.63) is 86.4 Å². The highest BCUT2D eigenvalue weighted by Crippen LogP contribution is 2.31. The van der Waals surface area contributed by atoms with Gasteiger partial charge in [-0.25, -0.2) is 4.98 Å². The number of para-hydroxylation sites is 1. The lowest BCUT2D eigenvalue weighted by atomic mass is 10.2. The number of amides is 1. The van der Waals surface area contributed by atoms with E-state index in [4.69, 9.17) is 16.0 Å². The number of hydrogen-bond acceptors (Lipinski definition) is 7. The normalized spacial score (nSPS) is 11.1. The van der Waals surface area contributed by atoms with Crippen LogP contribution in [0.5, 0.6) is 0 Å². The number of carbonyl (C=O) groups excluding carboxylic acids is 1. The Morgan fingerprint density at radius 3 is 2.82 bits per heavy atom. The molecule has 33 heavy (non-hydrogen) atoms. The number of furan rings is 1. The third-order valence-electron chi connectivity index (χ3n) is 4.83. The molecule has 0 aliphatic carbocycles. The number of nitro groups is 1. The molecule has 164 valence electrons. The smallest absolute Gasteiger partial charge is 0.270 e. The number of nitrogens with zero attached hydrogens (tertiary/aromatic N) is 4. The average Bonchev–Trinajstić information content (AvgIpc) is 3.51. The number of carbonyl (C=O) groups is 1. The SMILES string of the molecule is Cc1cc(NC(=O)c2cc([N+](=O)[O-])ccc2Cl)n(-c2nc(-c3cc4ccccc4o3)cs2)n1. The van der Waals surface area contributed by atoms with Gasteiger partial charge in [0.1, 0.15) is 17.1 Å². The van der Waals surface area contributed by atoms with Gasteiger partial charge in [-0.1, -0.05) is 29.8 Å². The fourth-order valence-electron chi connectivity index (χ4n) is 3.30. The molecule has 0 saturated carbocycles.